The largest absolute Gasteiger partial charge is 0.380 e. The molecule has 1 aromatic heterocycles. The topological polar surface area (TPSA) is 67.4 Å². The minimum Gasteiger partial charge on any atom is -0.380 e. The van der Waals surface area contributed by atoms with Gasteiger partial charge in [-0.05, 0) is 30.8 Å². The molecule has 1 aliphatic heterocycles. The number of thiophene rings is 1. The monoisotopic (exact) mass is 304 g/mol. The van der Waals surface area contributed by atoms with E-state index in [1.807, 2.05) is 19.2 Å². The van der Waals surface area contributed by atoms with E-state index in [9.17, 15) is 8.42 Å². The fourth-order valence-electron chi connectivity index (χ4n) is 2.11. The maximum atomic E-state index is 12.5. The summed E-state index contributed by atoms with van der Waals surface area (Å²) in [4.78, 5) is 1.30. The summed E-state index contributed by atoms with van der Waals surface area (Å²) in [5.41, 5.74) is 0.810. The van der Waals surface area contributed by atoms with Gasteiger partial charge >= 0.3 is 0 Å². The Hall–Kier alpha value is -0.470. The van der Waals surface area contributed by atoms with E-state index in [2.05, 4.69) is 10.0 Å². The third kappa shape index (κ3) is 3.55. The van der Waals surface area contributed by atoms with Crippen molar-refractivity contribution in [2.75, 3.05) is 19.8 Å². The van der Waals surface area contributed by atoms with Crippen LogP contribution in [0.25, 0.3) is 0 Å². The molecule has 0 aromatic carbocycles. The normalized spacial score (nSPS) is 20.0. The first kappa shape index (κ1) is 14.9. The van der Waals surface area contributed by atoms with Crippen molar-refractivity contribution in [2.45, 2.75) is 37.8 Å². The Morgan fingerprint density at radius 3 is 2.95 bits per heavy atom. The lowest BCUT2D eigenvalue weighted by Crippen LogP contribution is -2.35. The van der Waals surface area contributed by atoms with Crippen molar-refractivity contribution in [3.8, 4) is 0 Å². The molecule has 1 atom stereocenters. The minimum absolute atomic E-state index is 0.101. The van der Waals surface area contributed by atoms with Crippen LogP contribution in [-0.4, -0.2) is 34.2 Å². The molecule has 0 saturated carbocycles. The number of sulfonamides is 1. The van der Waals surface area contributed by atoms with Crippen molar-refractivity contribution in [3.63, 3.8) is 0 Å². The van der Waals surface area contributed by atoms with E-state index in [1.165, 1.54) is 11.3 Å². The summed E-state index contributed by atoms with van der Waals surface area (Å²) in [7, 11) is -3.45. The first-order valence-corrected chi connectivity index (χ1v) is 8.78. The van der Waals surface area contributed by atoms with E-state index in [4.69, 9.17) is 4.74 Å². The average molecular weight is 304 g/mol. The molecule has 2 N–H and O–H groups in total. The van der Waals surface area contributed by atoms with E-state index in [0.29, 0.717) is 24.7 Å². The van der Waals surface area contributed by atoms with Gasteiger partial charge in [-0.2, -0.15) is 0 Å². The van der Waals surface area contributed by atoms with Crippen LogP contribution in [0, 0.1) is 6.92 Å². The zero-order valence-corrected chi connectivity index (χ0v) is 12.9. The SMILES string of the molecule is CCNCc1scc(C)c1S(=O)(=O)NC1CCOC1. The molecule has 108 valence electrons. The molecule has 1 unspecified atom stereocenters. The lowest BCUT2D eigenvalue weighted by atomic mass is 10.3. The first-order chi connectivity index (χ1) is 9.04. The lowest BCUT2D eigenvalue weighted by molar-refractivity contribution is 0.192. The number of hydrogen-bond donors (Lipinski definition) is 2. The van der Waals surface area contributed by atoms with Crippen molar-refractivity contribution in [3.05, 3.63) is 15.8 Å². The smallest absolute Gasteiger partial charge is 0.242 e. The minimum atomic E-state index is -3.45. The highest BCUT2D eigenvalue weighted by atomic mass is 32.2. The predicted molar refractivity (Wildman–Crippen MR) is 76.0 cm³/mol. The molecule has 5 nitrogen and oxygen atoms in total. The fraction of sp³-hybridized carbons (Fsp3) is 0.667. The molecule has 0 bridgehead atoms. The van der Waals surface area contributed by atoms with E-state index < -0.39 is 10.0 Å². The summed E-state index contributed by atoms with van der Waals surface area (Å²) < 4.78 is 32.9. The number of nitrogens with one attached hydrogen (secondary N) is 2. The molecule has 2 heterocycles. The third-order valence-electron chi connectivity index (χ3n) is 3.05. The van der Waals surface area contributed by atoms with E-state index >= 15 is 0 Å². The standard InChI is InChI=1S/C12H20N2O3S2/c1-3-13-6-11-12(9(2)8-18-11)19(15,16)14-10-4-5-17-7-10/h8,10,13-14H,3-7H2,1-2H3. The van der Waals surface area contributed by atoms with Crippen LogP contribution in [0.1, 0.15) is 23.8 Å². The zero-order chi connectivity index (χ0) is 13.9. The number of hydrogen-bond acceptors (Lipinski definition) is 5. The zero-order valence-electron chi connectivity index (χ0n) is 11.2. The molecule has 0 aliphatic carbocycles. The summed E-state index contributed by atoms with van der Waals surface area (Å²) >= 11 is 1.49. The molecule has 0 radical (unpaired) electrons. The van der Waals surface area contributed by atoms with Gasteiger partial charge in [0.25, 0.3) is 0 Å². The third-order valence-corrected chi connectivity index (χ3v) is 6.03. The van der Waals surface area contributed by atoms with Gasteiger partial charge in [-0.15, -0.1) is 11.3 Å². The molecule has 1 aliphatic rings. The molecule has 7 heteroatoms. The van der Waals surface area contributed by atoms with Gasteiger partial charge in [-0.3, -0.25) is 0 Å². The fourth-order valence-corrected chi connectivity index (χ4v) is 5.15. The van der Waals surface area contributed by atoms with Crippen LogP contribution in [0.3, 0.4) is 0 Å². The summed E-state index contributed by atoms with van der Waals surface area (Å²) in [5, 5.41) is 5.07. The van der Waals surface area contributed by atoms with Crippen LogP contribution in [0.2, 0.25) is 0 Å². The highest BCUT2D eigenvalue weighted by molar-refractivity contribution is 7.89. The quantitative estimate of drug-likeness (QED) is 0.829. The van der Waals surface area contributed by atoms with Crippen molar-refractivity contribution in [1.29, 1.82) is 0 Å². The Morgan fingerprint density at radius 2 is 2.32 bits per heavy atom. The molecular weight excluding hydrogens is 284 g/mol. The van der Waals surface area contributed by atoms with Gasteiger partial charge in [-0.1, -0.05) is 6.92 Å². The van der Waals surface area contributed by atoms with Gasteiger partial charge in [0.05, 0.1) is 6.61 Å². The second kappa shape index (κ2) is 6.32. The highest BCUT2D eigenvalue weighted by Crippen LogP contribution is 2.27. The van der Waals surface area contributed by atoms with Gasteiger partial charge in [0.15, 0.2) is 0 Å². The van der Waals surface area contributed by atoms with Gasteiger partial charge < -0.3 is 10.1 Å². The summed E-state index contributed by atoms with van der Waals surface area (Å²) in [6.45, 7) is 6.34. The molecule has 0 amide bonds. The van der Waals surface area contributed by atoms with Crippen LogP contribution in [0.4, 0.5) is 0 Å². The van der Waals surface area contributed by atoms with Crippen LogP contribution in [0.5, 0.6) is 0 Å². The number of ether oxygens (including phenoxy) is 1. The summed E-state index contributed by atoms with van der Waals surface area (Å²) in [6, 6.07) is -0.101. The van der Waals surface area contributed by atoms with Gasteiger partial charge in [-0.25, -0.2) is 13.1 Å². The Kier molecular flexibility index (Phi) is 4.97. The Bertz CT molecular complexity index is 519. The second-order valence-electron chi connectivity index (χ2n) is 4.63. The Balaban J connectivity index is 2.20. The summed E-state index contributed by atoms with van der Waals surface area (Å²) in [6.07, 6.45) is 0.741. The second-order valence-corrected chi connectivity index (χ2v) is 7.25. The summed E-state index contributed by atoms with van der Waals surface area (Å²) in [5.74, 6) is 0. The highest BCUT2D eigenvalue weighted by Gasteiger charge is 2.27. The first-order valence-electron chi connectivity index (χ1n) is 6.42. The van der Waals surface area contributed by atoms with E-state index in [-0.39, 0.29) is 6.04 Å². The number of aryl methyl sites for hydroxylation is 1. The van der Waals surface area contributed by atoms with Crippen molar-refractivity contribution >= 4 is 21.4 Å². The molecule has 2 rings (SSSR count). The molecule has 1 fully saturated rings. The molecular formula is C12H20N2O3S2. The Morgan fingerprint density at radius 1 is 1.53 bits per heavy atom. The van der Waals surface area contributed by atoms with E-state index in [0.717, 1.165) is 23.4 Å². The van der Waals surface area contributed by atoms with Crippen molar-refractivity contribution < 1.29 is 13.2 Å². The lowest BCUT2D eigenvalue weighted by Gasteiger charge is -2.13. The molecule has 0 spiro atoms. The van der Waals surface area contributed by atoms with Crippen LogP contribution >= 0.6 is 11.3 Å². The van der Waals surface area contributed by atoms with E-state index in [1.54, 1.807) is 0 Å². The van der Waals surface area contributed by atoms with Crippen LogP contribution in [0.15, 0.2) is 10.3 Å². The maximum absolute atomic E-state index is 12.5. The van der Waals surface area contributed by atoms with Crippen LogP contribution < -0.4 is 10.0 Å². The van der Waals surface area contributed by atoms with Gasteiger partial charge in [0, 0.05) is 24.1 Å². The van der Waals surface area contributed by atoms with Gasteiger partial charge in [0.2, 0.25) is 10.0 Å². The molecule has 1 saturated heterocycles. The van der Waals surface area contributed by atoms with Crippen molar-refractivity contribution in [2.24, 2.45) is 0 Å². The van der Waals surface area contributed by atoms with Crippen LogP contribution in [-0.2, 0) is 21.3 Å². The van der Waals surface area contributed by atoms with Crippen molar-refractivity contribution in [1.82, 2.24) is 10.0 Å². The molecule has 19 heavy (non-hydrogen) atoms. The molecule has 1 aromatic rings. The Labute approximate surface area is 118 Å². The predicted octanol–water partition coefficient (Wildman–Crippen LogP) is 1.23. The number of rotatable bonds is 6. The maximum Gasteiger partial charge on any atom is 0.242 e. The van der Waals surface area contributed by atoms with Gasteiger partial charge in [0.1, 0.15) is 4.90 Å². The average Bonchev–Trinajstić information content (AvgIpc) is 2.95.